The van der Waals surface area contributed by atoms with Crippen LogP contribution in [0, 0.1) is 41.4 Å². The molecule has 0 aliphatic rings. The highest BCUT2D eigenvalue weighted by atomic mass is 19.4. The first-order valence-electron chi connectivity index (χ1n) is 32.7. The van der Waals surface area contributed by atoms with E-state index in [1.54, 1.807) is 67.7 Å². The second-order valence-electron chi connectivity index (χ2n) is 27.2. The standard InChI is InChI=1S/C66H116F3N11O14/c1-26-28-29-42(15)54(94-65(92)66(67,68)69)53(58(85)73-45(27-2)60(87)75(19)35-50(81)93-25)80(24)64(91)52(41(13)14)79(23)62(89)49(34-39(9)10)78(22)61(88)48(33-38(7)8)77(21)59(86)44(17)72-55(82)43(16)71-57(84)47(31-30-36(3)4)76(20)63(90)51(40(11)12)74-56(83)46(70-18)32-37(5)6/h26,28,36-49,51-54,70H,27,29-35H2,1-25H3,(H,71,84)(H,72,82)(H,73,85)(H,74,83)/b28-26+/t42-,43-,44+,45+,46+,47+,48+,49+,51+,52+,53+,54-/m1/s1. The molecule has 10 amide bonds. The Bertz CT molecular complexity index is 2570. The smallest absolute Gasteiger partial charge is 0.468 e. The molecular weight excluding hydrogens is 1230 g/mol. The second kappa shape index (κ2) is 40.5. The molecule has 0 aromatic carbocycles. The van der Waals surface area contributed by atoms with Crippen LogP contribution in [0.1, 0.15) is 163 Å². The first-order chi connectivity index (χ1) is 43.3. The maximum Gasteiger partial charge on any atom is 0.490 e. The van der Waals surface area contributed by atoms with E-state index in [1.165, 1.54) is 72.7 Å². The van der Waals surface area contributed by atoms with Gasteiger partial charge in [-0.05, 0) is 114 Å². The van der Waals surface area contributed by atoms with Crippen molar-refractivity contribution in [2.75, 3.05) is 63.0 Å². The van der Waals surface area contributed by atoms with Crippen LogP contribution in [-0.2, 0) is 67.0 Å². The number of methoxy groups -OCH3 is 1. The van der Waals surface area contributed by atoms with Crippen molar-refractivity contribution in [3.8, 4) is 0 Å². The minimum Gasteiger partial charge on any atom is -0.468 e. The highest BCUT2D eigenvalue weighted by molar-refractivity contribution is 5.99. The van der Waals surface area contributed by atoms with Gasteiger partial charge in [0.15, 0.2) is 0 Å². The van der Waals surface area contributed by atoms with E-state index >= 15 is 14.4 Å². The number of halogens is 3. The summed E-state index contributed by atoms with van der Waals surface area (Å²) >= 11 is 0. The fourth-order valence-electron chi connectivity index (χ4n) is 10.9. The van der Waals surface area contributed by atoms with Crippen molar-refractivity contribution in [2.45, 2.75) is 235 Å². The molecule has 0 unspecified atom stereocenters. The van der Waals surface area contributed by atoms with Crippen LogP contribution in [0.25, 0.3) is 0 Å². The van der Waals surface area contributed by atoms with Gasteiger partial charge in [-0.3, -0.25) is 52.7 Å². The van der Waals surface area contributed by atoms with Crippen molar-refractivity contribution in [1.82, 2.24) is 56.0 Å². The van der Waals surface area contributed by atoms with Crippen LogP contribution in [-0.4, -0.2) is 236 Å². The van der Waals surface area contributed by atoms with Gasteiger partial charge in [0.25, 0.3) is 0 Å². The number of carbonyl (C=O) groups is 12. The highest BCUT2D eigenvalue weighted by Gasteiger charge is 2.50. The lowest BCUT2D eigenvalue weighted by atomic mass is 9.91. The van der Waals surface area contributed by atoms with E-state index in [0.29, 0.717) is 12.8 Å². The fourth-order valence-corrected chi connectivity index (χ4v) is 10.9. The molecule has 0 spiro atoms. The Morgan fingerprint density at radius 1 is 0.489 bits per heavy atom. The molecular formula is C66H116F3N11O14. The largest absolute Gasteiger partial charge is 0.490 e. The molecule has 0 aliphatic heterocycles. The molecule has 0 aromatic heterocycles. The Balaban J connectivity index is 7.36. The summed E-state index contributed by atoms with van der Waals surface area (Å²) in [6.45, 7) is 28.6. The van der Waals surface area contributed by atoms with Crippen LogP contribution in [0.4, 0.5) is 13.2 Å². The number of allylic oxidation sites excluding steroid dienone is 2. The summed E-state index contributed by atoms with van der Waals surface area (Å²) in [5.41, 5.74) is 0. The fraction of sp³-hybridized carbons (Fsp3) is 0.788. The molecule has 0 rings (SSSR count). The number of rotatable bonds is 39. The van der Waals surface area contributed by atoms with E-state index in [2.05, 4.69) is 31.3 Å². The molecule has 0 bridgehead atoms. The van der Waals surface area contributed by atoms with Gasteiger partial charge in [0.05, 0.1) is 13.2 Å². The molecule has 0 heterocycles. The summed E-state index contributed by atoms with van der Waals surface area (Å²) in [7, 11) is 10.6. The van der Waals surface area contributed by atoms with Crippen LogP contribution in [0.3, 0.4) is 0 Å². The summed E-state index contributed by atoms with van der Waals surface area (Å²) in [5.74, 6) is -13.4. The Morgan fingerprint density at radius 2 is 0.968 bits per heavy atom. The van der Waals surface area contributed by atoms with Crippen LogP contribution in [0.5, 0.6) is 0 Å². The third kappa shape index (κ3) is 26.7. The van der Waals surface area contributed by atoms with Gasteiger partial charge in [-0.15, -0.1) is 0 Å². The maximum atomic E-state index is 15.2. The molecule has 540 valence electrons. The number of likely N-dealkylation sites (N-methyl/N-ethyl adjacent to an activating group) is 7. The summed E-state index contributed by atoms with van der Waals surface area (Å²) in [4.78, 5) is 175. The van der Waals surface area contributed by atoms with Crippen molar-refractivity contribution in [3.05, 3.63) is 12.2 Å². The quantitative estimate of drug-likeness (QED) is 0.0412. The van der Waals surface area contributed by atoms with Gasteiger partial charge in [-0.1, -0.05) is 109 Å². The van der Waals surface area contributed by atoms with Crippen LogP contribution < -0.4 is 26.6 Å². The maximum absolute atomic E-state index is 15.2. The van der Waals surface area contributed by atoms with Crippen molar-refractivity contribution in [2.24, 2.45) is 41.4 Å². The predicted octanol–water partition coefficient (Wildman–Crippen LogP) is 4.69. The number of ether oxygens (including phenoxy) is 2. The zero-order valence-corrected chi connectivity index (χ0v) is 60.7. The van der Waals surface area contributed by atoms with Crippen LogP contribution >= 0.6 is 0 Å². The molecule has 0 saturated carbocycles. The average Bonchev–Trinajstić information content (AvgIpc) is 0.804. The Kier molecular flexibility index (Phi) is 37.5. The van der Waals surface area contributed by atoms with Crippen molar-refractivity contribution in [1.29, 1.82) is 0 Å². The summed E-state index contributed by atoms with van der Waals surface area (Å²) in [5, 5.41) is 13.7. The molecule has 28 heteroatoms. The molecule has 0 radical (unpaired) electrons. The van der Waals surface area contributed by atoms with Crippen LogP contribution in [0.2, 0.25) is 0 Å². The van der Waals surface area contributed by atoms with Gasteiger partial charge in [0.2, 0.25) is 59.1 Å². The van der Waals surface area contributed by atoms with Crippen molar-refractivity contribution >= 4 is 71.0 Å². The van der Waals surface area contributed by atoms with Gasteiger partial charge < -0.3 is 65.5 Å². The number of hydrogen-bond donors (Lipinski definition) is 5. The number of nitrogens with one attached hydrogen (secondary N) is 5. The molecule has 5 N–H and O–H groups in total. The molecule has 12 atom stereocenters. The third-order valence-electron chi connectivity index (χ3n) is 16.6. The first kappa shape index (κ1) is 87.1. The third-order valence-corrected chi connectivity index (χ3v) is 16.6. The van der Waals surface area contributed by atoms with Gasteiger partial charge >= 0.3 is 18.1 Å². The highest BCUT2D eigenvalue weighted by Crippen LogP contribution is 2.29. The summed E-state index contributed by atoms with van der Waals surface area (Å²) in [6.07, 6.45) is -3.28. The Morgan fingerprint density at radius 3 is 1.40 bits per heavy atom. The lowest BCUT2D eigenvalue weighted by Gasteiger charge is -2.42. The molecule has 25 nitrogen and oxygen atoms in total. The molecule has 0 fully saturated rings. The topological polar surface area (TPSA) is 303 Å². The summed E-state index contributed by atoms with van der Waals surface area (Å²) < 4.78 is 52.0. The number of amides is 10. The number of nitrogens with zero attached hydrogens (tertiary/aromatic N) is 6. The van der Waals surface area contributed by atoms with E-state index in [-0.39, 0.29) is 67.6 Å². The zero-order chi connectivity index (χ0) is 73.3. The van der Waals surface area contributed by atoms with E-state index in [0.717, 1.165) is 33.8 Å². The van der Waals surface area contributed by atoms with Crippen molar-refractivity contribution < 1.29 is 80.2 Å². The molecule has 0 saturated heterocycles. The monoisotopic (exact) mass is 1340 g/mol. The first-order valence-corrected chi connectivity index (χ1v) is 32.7. The SMILES string of the molecule is C/C=C/C[C@@H](C)[C@@H](OC(=O)C(F)(F)F)[C@@H](C(=O)N[C@@H](CC)C(=O)N(C)CC(=O)OC)N(C)C(=O)[C@H](C(C)C)N(C)C(=O)[C@H](CC(C)C)N(C)C(=O)[C@H](CC(C)C)N(C)C(=O)[C@H](C)NC(=O)[C@@H](C)NC(=O)[C@H](CCC(C)C)N(C)C(=O)[C@@H](NC(=O)[C@H](CC(C)C)NC)C(C)C. The van der Waals surface area contributed by atoms with Gasteiger partial charge in [-0.25, -0.2) is 4.79 Å². The normalized spacial score (nSPS) is 15.7. The number of carbonyl (C=O) groups excluding carboxylic acids is 12. The molecule has 0 aliphatic carbocycles. The predicted molar refractivity (Wildman–Crippen MR) is 351 cm³/mol. The van der Waals surface area contributed by atoms with Gasteiger partial charge in [0.1, 0.15) is 67.0 Å². The van der Waals surface area contributed by atoms with E-state index in [1.807, 2.05) is 41.5 Å². The van der Waals surface area contributed by atoms with E-state index in [4.69, 9.17) is 4.74 Å². The summed E-state index contributed by atoms with van der Waals surface area (Å²) in [6, 6.07) is -12.7. The van der Waals surface area contributed by atoms with Crippen molar-refractivity contribution in [3.63, 3.8) is 0 Å². The van der Waals surface area contributed by atoms with Gasteiger partial charge in [-0.2, -0.15) is 13.2 Å². The lowest BCUT2D eigenvalue weighted by Crippen LogP contribution is -2.64. The minimum atomic E-state index is -5.56. The van der Waals surface area contributed by atoms with E-state index in [9.17, 15) is 56.3 Å². The zero-order valence-electron chi connectivity index (χ0n) is 60.7. The number of alkyl halides is 3. The van der Waals surface area contributed by atoms with E-state index < -0.39 is 156 Å². The second-order valence-corrected chi connectivity index (χ2v) is 27.2. The Hall–Kier alpha value is -6.87. The molecule has 94 heavy (non-hydrogen) atoms. The Labute approximate surface area is 557 Å². The number of hydrogen-bond acceptors (Lipinski definition) is 15. The van der Waals surface area contributed by atoms with Gasteiger partial charge in [0, 0.05) is 42.3 Å². The lowest BCUT2D eigenvalue weighted by molar-refractivity contribution is -0.210. The minimum absolute atomic E-state index is 0.00882. The average molecular weight is 1340 g/mol. The number of esters is 2. The van der Waals surface area contributed by atoms with Crippen LogP contribution in [0.15, 0.2) is 12.2 Å². The molecule has 0 aromatic rings.